The van der Waals surface area contributed by atoms with Crippen molar-refractivity contribution >= 4 is 23.7 Å². The number of rotatable bonds is 5. The van der Waals surface area contributed by atoms with Crippen molar-refractivity contribution in [3.05, 3.63) is 24.3 Å². The molecule has 0 radical (unpaired) electrons. The fraction of sp³-hybridized carbons (Fsp3) is 0.333. The summed E-state index contributed by atoms with van der Waals surface area (Å²) in [6.45, 7) is 2.55. The minimum Gasteiger partial charge on any atom is -0.497 e. The first-order valence-electron chi connectivity index (χ1n) is 7.62. The molecule has 0 bridgehead atoms. The van der Waals surface area contributed by atoms with Crippen LogP contribution in [0, 0.1) is 0 Å². The highest BCUT2D eigenvalue weighted by Crippen LogP contribution is 2.26. The number of carbonyl (C=O) groups is 2. The van der Waals surface area contributed by atoms with Crippen LogP contribution in [0.25, 0.3) is 11.4 Å². The molecule has 3 rings (SSSR count). The summed E-state index contributed by atoms with van der Waals surface area (Å²) >= 11 is 1.16. The van der Waals surface area contributed by atoms with E-state index in [-0.39, 0.29) is 11.9 Å². The lowest BCUT2D eigenvalue weighted by Gasteiger charge is -2.16. The van der Waals surface area contributed by atoms with Crippen LogP contribution in [-0.2, 0) is 4.79 Å². The van der Waals surface area contributed by atoms with E-state index < -0.39 is 5.25 Å². The number of carbonyl (C=O) groups excluding carboxylic acids is 2. The molecule has 1 aliphatic heterocycles. The topological polar surface area (TPSA) is 115 Å². The fourth-order valence-electron chi connectivity index (χ4n) is 2.40. The number of aromatic nitrogens is 3. The average molecular weight is 362 g/mol. The van der Waals surface area contributed by atoms with Gasteiger partial charge in [0.05, 0.1) is 12.4 Å². The summed E-state index contributed by atoms with van der Waals surface area (Å²) in [4.78, 5) is 25.1. The molecule has 10 heteroatoms. The van der Waals surface area contributed by atoms with Gasteiger partial charge >= 0.3 is 6.03 Å². The van der Waals surface area contributed by atoms with E-state index >= 15 is 0 Å². The predicted octanol–water partition coefficient (Wildman–Crippen LogP) is 0.700. The highest BCUT2D eigenvalue weighted by molar-refractivity contribution is 8.00. The largest absolute Gasteiger partial charge is 0.497 e. The zero-order valence-electron chi connectivity index (χ0n) is 13.8. The molecule has 0 spiro atoms. The Balaban J connectivity index is 1.74. The molecule has 3 N–H and O–H groups in total. The molecule has 132 valence electrons. The van der Waals surface area contributed by atoms with E-state index in [1.54, 1.807) is 26.2 Å². The lowest BCUT2D eigenvalue weighted by molar-refractivity contribution is -0.126. The molecule has 3 amide bonds. The summed E-state index contributed by atoms with van der Waals surface area (Å²) in [5.74, 6) is 6.99. The molecule has 25 heavy (non-hydrogen) atoms. The Labute approximate surface area is 148 Å². The molecule has 1 aliphatic rings. The van der Waals surface area contributed by atoms with Crippen molar-refractivity contribution in [3.63, 3.8) is 0 Å². The number of nitrogens with one attached hydrogen (secondary N) is 1. The Morgan fingerprint density at radius 1 is 1.36 bits per heavy atom. The van der Waals surface area contributed by atoms with Gasteiger partial charge in [0.25, 0.3) is 0 Å². The van der Waals surface area contributed by atoms with Gasteiger partial charge in [0.1, 0.15) is 5.75 Å². The van der Waals surface area contributed by atoms with Gasteiger partial charge in [0, 0.05) is 18.7 Å². The zero-order valence-corrected chi connectivity index (χ0v) is 14.6. The number of thioether (sulfide) groups is 1. The van der Waals surface area contributed by atoms with Crippen LogP contribution in [-0.4, -0.2) is 57.2 Å². The van der Waals surface area contributed by atoms with Gasteiger partial charge in [-0.3, -0.25) is 9.69 Å². The van der Waals surface area contributed by atoms with E-state index in [9.17, 15) is 9.59 Å². The molecule has 2 aromatic rings. The van der Waals surface area contributed by atoms with Gasteiger partial charge in [-0.25, -0.2) is 9.47 Å². The van der Waals surface area contributed by atoms with Gasteiger partial charge in [-0.1, -0.05) is 11.8 Å². The number of nitrogens with two attached hydrogens (primary N) is 1. The molecule has 9 nitrogen and oxygen atoms in total. The number of benzene rings is 1. The Kier molecular flexibility index (Phi) is 4.79. The standard InChI is InChI=1S/C15H18N6O3S/c1-9(13(22)20-8-7-17-14(20)23)25-15-19-18-12(21(15)16)10-3-5-11(24-2)6-4-10/h3-6,9H,7-8,16H2,1-2H3,(H,17,23). The summed E-state index contributed by atoms with van der Waals surface area (Å²) in [7, 11) is 1.59. The molecule has 1 aromatic carbocycles. The molecule has 1 unspecified atom stereocenters. The Morgan fingerprint density at radius 2 is 2.08 bits per heavy atom. The van der Waals surface area contributed by atoms with Gasteiger partial charge in [-0.2, -0.15) is 0 Å². The van der Waals surface area contributed by atoms with Crippen molar-refractivity contribution in [1.29, 1.82) is 0 Å². The third kappa shape index (κ3) is 3.38. The van der Waals surface area contributed by atoms with Crippen LogP contribution in [0.4, 0.5) is 4.79 Å². The SMILES string of the molecule is COc1ccc(-c2nnc(SC(C)C(=O)N3CCNC3=O)n2N)cc1. The van der Waals surface area contributed by atoms with Crippen LogP contribution < -0.4 is 15.9 Å². The minimum absolute atomic E-state index is 0.283. The number of hydrogen-bond acceptors (Lipinski definition) is 7. The quantitative estimate of drug-likeness (QED) is 0.594. The molecule has 1 aromatic heterocycles. The molecule has 2 heterocycles. The number of methoxy groups -OCH3 is 1. The van der Waals surface area contributed by atoms with Crippen LogP contribution in [0.15, 0.2) is 29.4 Å². The van der Waals surface area contributed by atoms with Crippen molar-refractivity contribution in [3.8, 4) is 17.1 Å². The smallest absolute Gasteiger partial charge is 0.324 e. The maximum atomic E-state index is 12.4. The Hall–Kier alpha value is -2.75. The van der Waals surface area contributed by atoms with Crippen LogP contribution in [0.3, 0.4) is 0 Å². The van der Waals surface area contributed by atoms with Crippen molar-refractivity contribution in [2.24, 2.45) is 0 Å². The lowest BCUT2D eigenvalue weighted by Crippen LogP contribution is -2.39. The van der Waals surface area contributed by atoms with E-state index in [2.05, 4.69) is 15.5 Å². The van der Waals surface area contributed by atoms with Crippen LogP contribution in [0.1, 0.15) is 6.92 Å². The second-order valence-corrected chi connectivity index (χ2v) is 6.69. The summed E-state index contributed by atoms with van der Waals surface area (Å²) in [6, 6.07) is 6.88. The van der Waals surface area contributed by atoms with Crippen LogP contribution >= 0.6 is 11.8 Å². The first kappa shape index (κ1) is 17.1. The number of ether oxygens (including phenoxy) is 1. The number of hydrogen-bond donors (Lipinski definition) is 2. The van der Waals surface area contributed by atoms with Crippen LogP contribution in [0.5, 0.6) is 5.75 Å². The molecule has 1 fully saturated rings. The molecular formula is C15H18N6O3S. The van der Waals surface area contributed by atoms with E-state index in [1.807, 2.05) is 12.1 Å². The third-order valence-corrected chi connectivity index (χ3v) is 4.81. The second kappa shape index (κ2) is 7.01. The molecular weight excluding hydrogens is 344 g/mol. The molecule has 0 aliphatic carbocycles. The van der Waals surface area contributed by atoms with E-state index in [4.69, 9.17) is 10.6 Å². The Morgan fingerprint density at radius 3 is 2.68 bits per heavy atom. The Bertz CT molecular complexity index is 791. The van der Waals surface area contributed by atoms with Gasteiger partial charge in [0.15, 0.2) is 5.82 Å². The fourth-order valence-corrected chi connectivity index (χ4v) is 3.24. The van der Waals surface area contributed by atoms with E-state index in [0.29, 0.717) is 24.1 Å². The summed E-state index contributed by atoms with van der Waals surface area (Å²) in [6.07, 6.45) is 0. The van der Waals surface area contributed by atoms with Gasteiger partial charge < -0.3 is 15.9 Å². The predicted molar refractivity (Wildman–Crippen MR) is 92.6 cm³/mol. The first-order chi connectivity index (χ1) is 12.0. The number of nitrogens with zero attached hydrogens (tertiary/aromatic N) is 4. The number of imide groups is 1. The summed E-state index contributed by atoms with van der Waals surface area (Å²) in [5, 5.41) is 10.6. The normalized spacial score (nSPS) is 15.1. The van der Waals surface area contributed by atoms with Gasteiger partial charge in [0.2, 0.25) is 11.1 Å². The van der Waals surface area contributed by atoms with Crippen molar-refractivity contribution in [2.45, 2.75) is 17.3 Å². The minimum atomic E-state index is -0.515. The number of urea groups is 1. The van der Waals surface area contributed by atoms with Crippen LogP contribution in [0.2, 0.25) is 0 Å². The van der Waals surface area contributed by atoms with Gasteiger partial charge in [-0.15, -0.1) is 10.2 Å². The van der Waals surface area contributed by atoms with E-state index in [0.717, 1.165) is 23.1 Å². The maximum absolute atomic E-state index is 12.4. The highest BCUT2D eigenvalue weighted by atomic mass is 32.2. The van der Waals surface area contributed by atoms with Gasteiger partial charge in [-0.05, 0) is 31.2 Å². The summed E-state index contributed by atoms with van der Waals surface area (Å²) < 4.78 is 6.46. The second-order valence-electron chi connectivity index (χ2n) is 5.39. The zero-order chi connectivity index (χ0) is 18.0. The van der Waals surface area contributed by atoms with Crippen molar-refractivity contribution < 1.29 is 14.3 Å². The molecule has 1 saturated heterocycles. The summed E-state index contributed by atoms with van der Waals surface area (Å²) in [5.41, 5.74) is 0.778. The average Bonchev–Trinajstić information content (AvgIpc) is 3.20. The molecule has 1 atom stereocenters. The highest BCUT2D eigenvalue weighted by Gasteiger charge is 2.31. The van der Waals surface area contributed by atoms with Crippen molar-refractivity contribution in [2.75, 3.05) is 26.0 Å². The van der Waals surface area contributed by atoms with Crippen molar-refractivity contribution in [1.82, 2.24) is 25.1 Å². The molecule has 0 saturated carbocycles. The maximum Gasteiger partial charge on any atom is 0.324 e. The number of amides is 3. The van der Waals surface area contributed by atoms with E-state index in [1.165, 1.54) is 9.58 Å². The number of nitrogen functional groups attached to an aromatic ring is 1. The monoisotopic (exact) mass is 362 g/mol. The third-order valence-electron chi connectivity index (χ3n) is 3.77. The first-order valence-corrected chi connectivity index (χ1v) is 8.50. The lowest BCUT2D eigenvalue weighted by atomic mass is 10.2.